The molecule has 11 atom stereocenters. The van der Waals surface area contributed by atoms with Gasteiger partial charge in [-0.25, -0.2) is 0 Å². The van der Waals surface area contributed by atoms with E-state index in [9.17, 15) is 15.0 Å². The lowest BCUT2D eigenvalue weighted by atomic mass is 9.45. The van der Waals surface area contributed by atoms with E-state index in [-0.39, 0.29) is 53.6 Å². The minimum absolute atomic E-state index is 0.0207. The Morgan fingerprint density at radius 2 is 1.68 bits per heavy atom. The van der Waals surface area contributed by atoms with Crippen LogP contribution in [0.4, 0.5) is 0 Å². The third kappa shape index (κ3) is 4.54. The molecule has 0 aromatic rings. The van der Waals surface area contributed by atoms with Gasteiger partial charge in [-0.1, -0.05) is 27.2 Å². The van der Waals surface area contributed by atoms with Gasteiger partial charge in [-0.15, -0.1) is 0 Å². The highest BCUT2D eigenvalue weighted by Gasteiger charge is 2.71. The monoisotopic (exact) mass is 574 g/mol. The molecule has 0 aromatic carbocycles. The van der Waals surface area contributed by atoms with Gasteiger partial charge in [0.25, 0.3) is 0 Å². The summed E-state index contributed by atoms with van der Waals surface area (Å²) in [6.07, 6.45) is 9.19. The van der Waals surface area contributed by atoms with E-state index in [0.29, 0.717) is 25.7 Å². The summed E-state index contributed by atoms with van der Waals surface area (Å²) in [6, 6.07) is 0. The molecule has 5 fully saturated rings. The zero-order valence-corrected chi connectivity index (χ0v) is 26.6. The van der Waals surface area contributed by atoms with Crippen molar-refractivity contribution in [1.82, 2.24) is 0 Å². The number of aliphatic hydroxyl groups is 2. The highest BCUT2D eigenvalue weighted by molar-refractivity contribution is 5.95. The standard InChI is InChI=1S/C34H54O7/c1-9-10-28-38-27(13-14-29(2,3)36)33(8,41-28)26-12-16-34(37)21-17-23(35)22-18-24-25(40-30(4,5)39-24)19-31(22,6)20(21)11-15-32(26,34)7/h17,20,22,24-28,36-37H,9-16,18-19H2,1-8H3/t20-,22-,24+,25-,26-,27+,28+,31+,32+,33+,34+/m0/s1. The van der Waals surface area contributed by atoms with Crippen molar-refractivity contribution in [1.29, 1.82) is 0 Å². The number of carbonyl (C=O) groups is 1. The van der Waals surface area contributed by atoms with Gasteiger partial charge in [0.15, 0.2) is 17.9 Å². The van der Waals surface area contributed by atoms with E-state index < -0.39 is 28.0 Å². The first-order valence-electron chi connectivity index (χ1n) is 16.4. The molecule has 0 unspecified atom stereocenters. The fourth-order valence-electron chi connectivity index (χ4n) is 10.5. The van der Waals surface area contributed by atoms with E-state index in [1.807, 2.05) is 33.8 Å². The van der Waals surface area contributed by atoms with Crippen LogP contribution in [0.1, 0.15) is 120 Å². The van der Waals surface area contributed by atoms with Gasteiger partial charge in [0.2, 0.25) is 0 Å². The first-order valence-corrected chi connectivity index (χ1v) is 16.4. The van der Waals surface area contributed by atoms with Crippen LogP contribution in [-0.2, 0) is 23.7 Å². The Kier molecular flexibility index (Phi) is 7.06. The van der Waals surface area contributed by atoms with Gasteiger partial charge >= 0.3 is 0 Å². The smallest absolute Gasteiger partial charge is 0.163 e. The normalized spacial score (nSPS) is 50.6. The molecule has 2 heterocycles. The van der Waals surface area contributed by atoms with E-state index in [1.54, 1.807) is 0 Å². The number of rotatable bonds is 6. The van der Waals surface area contributed by atoms with E-state index in [0.717, 1.165) is 44.1 Å². The van der Waals surface area contributed by atoms with Crippen molar-refractivity contribution in [3.63, 3.8) is 0 Å². The molecular formula is C34H54O7. The van der Waals surface area contributed by atoms with Crippen LogP contribution in [0.2, 0.25) is 0 Å². The zero-order chi connectivity index (χ0) is 29.8. The molecule has 4 aliphatic carbocycles. The van der Waals surface area contributed by atoms with Crippen LogP contribution in [0.3, 0.4) is 0 Å². The molecule has 7 nitrogen and oxygen atoms in total. The van der Waals surface area contributed by atoms with Crippen LogP contribution in [0.5, 0.6) is 0 Å². The molecule has 2 N–H and O–H groups in total. The summed E-state index contributed by atoms with van der Waals surface area (Å²) in [6.45, 7) is 16.5. The Hall–Kier alpha value is -0.830. The van der Waals surface area contributed by atoms with Crippen molar-refractivity contribution in [3.8, 4) is 0 Å². The van der Waals surface area contributed by atoms with Gasteiger partial charge in [-0.05, 0) is 121 Å². The lowest BCUT2D eigenvalue weighted by Gasteiger charge is -2.60. The maximum Gasteiger partial charge on any atom is 0.163 e. The number of fused-ring (bicyclic) bond motifs is 6. The Labute approximate surface area is 246 Å². The Balaban J connectivity index is 1.32. The third-order valence-electron chi connectivity index (χ3n) is 12.5. The van der Waals surface area contributed by atoms with E-state index in [4.69, 9.17) is 18.9 Å². The fraction of sp³-hybridized carbons (Fsp3) is 0.912. The van der Waals surface area contributed by atoms with Gasteiger partial charge in [0, 0.05) is 11.3 Å². The van der Waals surface area contributed by atoms with Crippen LogP contribution < -0.4 is 0 Å². The lowest BCUT2D eigenvalue weighted by molar-refractivity contribution is -0.164. The van der Waals surface area contributed by atoms with Crippen LogP contribution in [0.15, 0.2) is 11.6 Å². The summed E-state index contributed by atoms with van der Waals surface area (Å²) in [4.78, 5) is 13.9. The van der Waals surface area contributed by atoms with Crippen molar-refractivity contribution in [2.24, 2.45) is 28.6 Å². The van der Waals surface area contributed by atoms with Crippen molar-refractivity contribution in [2.45, 2.75) is 167 Å². The van der Waals surface area contributed by atoms with Gasteiger partial charge in [-0.2, -0.15) is 0 Å². The number of carbonyl (C=O) groups excluding carboxylic acids is 1. The van der Waals surface area contributed by atoms with Gasteiger partial charge in [0.1, 0.15) is 0 Å². The summed E-state index contributed by atoms with van der Waals surface area (Å²) in [5.41, 5.74) is -2.19. The average Bonchev–Trinajstić information content (AvgIpc) is 3.43. The lowest BCUT2D eigenvalue weighted by Crippen LogP contribution is -2.62. The van der Waals surface area contributed by atoms with E-state index >= 15 is 0 Å². The molecule has 41 heavy (non-hydrogen) atoms. The van der Waals surface area contributed by atoms with Crippen molar-refractivity contribution in [3.05, 3.63) is 11.6 Å². The van der Waals surface area contributed by atoms with Crippen LogP contribution in [0, 0.1) is 28.6 Å². The number of hydrogen-bond acceptors (Lipinski definition) is 7. The first-order chi connectivity index (χ1) is 19.0. The van der Waals surface area contributed by atoms with E-state index in [2.05, 4.69) is 27.7 Å². The second-order valence-electron chi connectivity index (χ2n) is 16.2. The summed E-state index contributed by atoms with van der Waals surface area (Å²) >= 11 is 0. The van der Waals surface area contributed by atoms with Gasteiger partial charge < -0.3 is 29.2 Å². The molecular weight excluding hydrogens is 520 g/mol. The van der Waals surface area contributed by atoms with Gasteiger partial charge in [-0.3, -0.25) is 4.79 Å². The number of ether oxygens (including phenoxy) is 4. The predicted octanol–water partition coefficient (Wildman–Crippen LogP) is 5.84. The fourth-order valence-corrected chi connectivity index (χ4v) is 10.5. The van der Waals surface area contributed by atoms with E-state index in [1.165, 1.54) is 0 Å². The van der Waals surface area contributed by atoms with Crippen LogP contribution in [0.25, 0.3) is 0 Å². The molecule has 0 spiro atoms. The minimum atomic E-state index is -1.07. The van der Waals surface area contributed by atoms with Crippen molar-refractivity contribution < 1.29 is 34.0 Å². The maximum absolute atomic E-state index is 13.9. The molecule has 2 aliphatic heterocycles. The second-order valence-corrected chi connectivity index (χ2v) is 16.2. The molecule has 0 radical (unpaired) electrons. The SMILES string of the molecule is CCC[C@@H]1O[C@H](CCC(C)(C)O)[C@@](C)([C@H]2CC[C@@]3(O)C4=CC(=O)[C@@H]5C[C@H]6OC(C)(C)O[C@H]6C[C@]5(C)[C@H]4CC[C@]23C)O1. The molecule has 0 aromatic heterocycles. The highest BCUT2D eigenvalue weighted by atomic mass is 16.8. The van der Waals surface area contributed by atoms with Crippen molar-refractivity contribution in [2.75, 3.05) is 0 Å². The highest BCUT2D eigenvalue weighted by Crippen LogP contribution is 2.70. The largest absolute Gasteiger partial charge is 0.390 e. The van der Waals surface area contributed by atoms with Crippen molar-refractivity contribution >= 4 is 5.78 Å². The summed E-state index contributed by atoms with van der Waals surface area (Å²) in [5, 5.41) is 23.3. The summed E-state index contributed by atoms with van der Waals surface area (Å²) in [5.74, 6) is -0.381. The van der Waals surface area contributed by atoms with Crippen LogP contribution >= 0.6 is 0 Å². The molecule has 7 heteroatoms. The number of hydrogen-bond donors (Lipinski definition) is 2. The third-order valence-corrected chi connectivity index (χ3v) is 12.5. The zero-order valence-electron chi connectivity index (χ0n) is 26.6. The quantitative estimate of drug-likeness (QED) is 0.412. The molecule has 3 saturated carbocycles. The van der Waals surface area contributed by atoms with Crippen LogP contribution in [-0.4, -0.2) is 63.2 Å². The molecule has 6 aliphatic rings. The first kappa shape index (κ1) is 30.2. The molecule has 232 valence electrons. The Morgan fingerprint density at radius 3 is 2.37 bits per heavy atom. The Morgan fingerprint density at radius 1 is 0.976 bits per heavy atom. The average molecular weight is 575 g/mol. The Bertz CT molecular complexity index is 1090. The molecule has 0 amide bonds. The topological polar surface area (TPSA) is 94.5 Å². The minimum Gasteiger partial charge on any atom is -0.390 e. The number of ketones is 1. The summed E-state index contributed by atoms with van der Waals surface area (Å²) < 4.78 is 25.9. The summed E-state index contributed by atoms with van der Waals surface area (Å²) in [7, 11) is 0. The van der Waals surface area contributed by atoms with Gasteiger partial charge in [0.05, 0.1) is 35.1 Å². The predicted molar refractivity (Wildman–Crippen MR) is 155 cm³/mol. The number of allylic oxidation sites excluding steroid dienone is 1. The molecule has 6 rings (SSSR count). The second kappa shape index (κ2) is 9.58. The molecule has 0 bridgehead atoms. The molecule has 2 saturated heterocycles. The maximum atomic E-state index is 13.9.